The van der Waals surface area contributed by atoms with E-state index < -0.39 is 0 Å². The van der Waals surface area contributed by atoms with E-state index in [2.05, 4.69) is 95.8 Å². The second-order valence-electron chi connectivity index (χ2n) is 13.5. The highest BCUT2D eigenvalue weighted by atomic mass is 15.3. The molecule has 0 N–H and O–H groups in total. The summed E-state index contributed by atoms with van der Waals surface area (Å²) in [5.41, 5.74) is 0.716. The summed E-state index contributed by atoms with van der Waals surface area (Å²) in [6.45, 7) is 35.3. The third-order valence-corrected chi connectivity index (χ3v) is 8.46. The number of likely N-dealkylation sites (N-methyl/N-ethyl adjacent to an activating group) is 1. The first kappa shape index (κ1) is 28.1. The van der Waals surface area contributed by atoms with Gasteiger partial charge >= 0.3 is 0 Å². The van der Waals surface area contributed by atoms with Gasteiger partial charge in [0.15, 0.2) is 0 Å². The molecular formula is C28H58N4. The molecule has 1 unspecified atom stereocenters. The molecule has 32 heavy (non-hydrogen) atoms. The van der Waals surface area contributed by atoms with Crippen molar-refractivity contribution in [2.24, 2.45) is 5.41 Å². The van der Waals surface area contributed by atoms with Crippen molar-refractivity contribution < 1.29 is 0 Å². The van der Waals surface area contributed by atoms with E-state index in [0.29, 0.717) is 12.1 Å². The van der Waals surface area contributed by atoms with E-state index in [-0.39, 0.29) is 16.5 Å². The maximum Gasteiger partial charge on any atom is 0.0276 e. The number of hydrogen-bond donors (Lipinski definition) is 0. The highest BCUT2D eigenvalue weighted by Gasteiger charge is 2.42. The molecule has 0 aromatic heterocycles. The minimum atomic E-state index is 0.218. The summed E-state index contributed by atoms with van der Waals surface area (Å²) in [6, 6.07) is 1.93. The van der Waals surface area contributed by atoms with Gasteiger partial charge in [-0.15, -0.1) is 0 Å². The molecule has 0 radical (unpaired) electrons. The van der Waals surface area contributed by atoms with Crippen LogP contribution in [0.25, 0.3) is 0 Å². The van der Waals surface area contributed by atoms with Crippen LogP contribution < -0.4 is 0 Å². The SMILES string of the molecule is CC[C@H]1CN(C(C)CC(C)(C)N2CCCN(C(C)(C)C)[C@H](C(C)(C)C)C2)CCCN1CC. The third kappa shape index (κ3) is 7.17. The van der Waals surface area contributed by atoms with Gasteiger partial charge in [-0.25, -0.2) is 0 Å². The van der Waals surface area contributed by atoms with Crippen molar-refractivity contribution in [1.29, 1.82) is 0 Å². The molecule has 0 aliphatic carbocycles. The van der Waals surface area contributed by atoms with Crippen LogP contribution in [0.5, 0.6) is 0 Å². The van der Waals surface area contributed by atoms with E-state index in [0.717, 1.165) is 6.04 Å². The molecule has 0 aromatic carbocycles. The van der Waals surface area contributed by atoms with Crippen molar-refractivity contribution >= 4 is 0 Å². The van der Waals surface area contributed by atoms with Crippen LogP contribution in [0.1, 0.15) is 102 Å². The monoisotopic (exact) mass is 450 g/mol. The van der Waals surface area contributed by atoms with Crippen molar-refractivity contribution in [3.05, 3.63) is 0 Å². The molecule has 2 rings (SSSR count). The van der Waals surface area contributed by atoms with Crippen molar-refractivity contribution in [3.63, 3.8) is 0 Å². The Bertz CT molecular complexity index is 559. The van der Waals surface area contributed by atoms with Gasteiger partial charge in [-0.1, -0.05) is 34.6 Å². The third-order valence-electron chi connectivity index (χ3n) is 8.46. The standard InChI is InChI=1S/C28H58N4/c1-12-24-21-30(17-14-16-29(24)13-2)23(3)20-28(10,11)31-18-15-19-32(27(7,8)9)25(22-31)26(4,5)6/h23-25H,12-22H2,1-11H3/t23?,24-,25-/m0/s1. The van der Waals surface area contributed by atoms with E-state index in [1.54, 1.807) is 0 Å². The van der Waals surface area contributed by atoms with E-state index in [1.807, 2.05) is 0 Å². The van der Waals surface area contributed by atoms with Crippen LogP contribution in [0.4, 0.5) is 0 Å². The molecule has 4 heteroatoms. The van der Waals surface area contributed by atoms with E-state index in [4.69, 9.17) is 0 Å². The minimum Gasteiger partial charge on any atom is -0.299 e. The van der Waals surface area contributed by atoms with Crippen LogP contribution in [-0.4, -0.2) is 94.6 Å². The van der Waals surface area contributed by atoms with Gasteiger partial charge in [-0.3, -0.25) is 19.6 Å². The largest absolute Gasteiger partial charge is 0.299 e. The van der Waals surface area contributed by atoms with E-state index in [9.17, 15) is 0 Å². The van der Waals surface area contributed by atoms with Crippen LogP contribution in [0.2, 0.25) is 0 Å². The van der Waals surface area contributed by atoms with Crippen molar-refractivity contribution in [3.8, 4) is 0 Å². The number of hydrogen-bond acceptors (Lipinski definition) is 4. The predicted molar refractivity (Wildman–Crippen MR) is 142 cm³/mol. The Hall–Kier alpha value is -0.160. The van der Waals surface area contributed by atoms with Gasteiger partial charge in [0.1, 0.15) is 0 Å². The van der Waals surface area contributed by atoms with Crippen LogP contribution in [0.3, 0.4) is 0 Å². The highest BCUT2D eigenvalue weighted by Crippen LogP contribution is 2.35. The maximum atomic E-state index is 2.85. The Labute approximate surface area is 202 Å². The van der Waals surface area contributed by atoms with Gasteiger partial charge in [0.25, 0.3) is 0 Å². The zero-order valence-electron chi connectivity index (χ0n) is 23.8. The molecule has 0 saturated carbocycles. The van der Waals surface area contributed by atoms with Crippen LogP contribution in [0.15, 0.2) is 0 Å². The van der Waals surface area contributed by atoms with E-state index in [1.165, 1.54) is 71.5 Å². The van der Waals surface area contributed by atoms with Gasteiger partial charge in [-0.05, 0) is 98.8 Å². The summed E-state index contributed by atoms with van der Waals surface area (Å²) < 4.78 is 0. The summed E-state index contributed by atoms with van der Waals surface area (Å²) in [7, 11) is 0. The quantitative estimate of drug-likeness (QED) is 0.524. The number of rotatable bonds is 6. The molecular weight excluding hydrogens is 392 g/mol. The molecule has 0 bridgehead atoms. The van der Waals surface area contributed by atoms with Crippen LogP contribution in [-0.2, 0) is 0 Å². The fourth-order valence-electron chi connectivity index (χ4n) is 6.40. The normalized spacial score (nSPS) is 27.8. The van der Waals surface area contributed by atoms with Crippen molar-refractivity contribution in [1.82, 2.24) is 19.6 Å². The summed E-state index contributed by atoms with van der Waals surface area (Å²) in [6.07, 6.45) is 5.10. The lowest BCUT2D eigenvalue weighted by atomic mass is 9.82. The molecule has 2 aliphatic rings. The van der Waals surface area contributed by atoms with Crippen LogP contribution >= 0.6 is 0 Å². The molecule has 190 valence electrons. The van der Waals surface area contributed by atoms with Gasteiger partial charge in [-0.2, -0.15) is 0 Å². The van der Waals surface area contributed by atoms with E-state index >= 15 is 0 Å². The summed E-state index contributed by atoms with van der Waals surface area (Å²) in [5, 5.41) is 0. The summed E-state index contributed by atoms with van der Waals surface area (Å²) in [4.78, 5) is 11.2. The maximum absolute atomic E-state index is 2.85. The minimum absolute atomic E-state index is 0.218. The Morgan fingerprint density at radius 3 is 1.97 bits per heavy atom. The second kappa shape index (κ2) is 11.1. The fourth-order valence-corrected chi connectivity index (χ4v) is 6.40. The summed E-state index contributed by atoms with van der Waals surface area (Å²) in [5.74, 6) is 0. The van der Waals surface area contributed by atoms with Gasteiger partial charge in [0.05, 0.1) is 0 Å². The lowest BCUT2D eigenvalue weighted by Crippen LogP contribution is -2.58. The molecule has 0 amide bonds. The van der Waals surface area contributed by atoms with Crippen molar-refractivity contribution in [2.75, 3.05) is 45.8 Å². The Morgan fingerprint density at radius 2 is 1.44 bits per heavy atom. The van der Waals surface area contributed by atoms with Gasteiger partial charge < -0.3 is 0 Å². The summed E-state index contributed by atoms with van der Waals surface area (Å²) >= 11 is 0. The average Bonchev–Trinajstić information content (AvgIpc) is 3.03. The Kier molecular flexibility index (Phi) is 9.70. The fraction of sp³-hybridized carbons (Fsp3) is 1.00. The van der Waals surface area contributed by atoms with Gasteiger partial charge in [0, 0.05) is 48.8 Å². The first-order chi connectivity index (χ1) is 14.7. The lowest BCUT2D eigenvalue weighted by Gasteiger charge is -2.49. The molecule has 0 spiro atoms. The van der Waals surface area contributed by atoms with Gasteiger partial charge in [0.2, 0.25) is 0 Å². The molecule has 2 fully saturated rings. The topological polar surface area (TPSA) is 13.0 Å². The van der Waals surface area contributed by atoms with Crippen LogP contribution in [0, 0.1) is 5.41 Å². The van der Waals surface area contributed by atoms with Crippen molar-refractivity contribution in [2.45, 2.75) is 131 Å². The molecule has 2 saturated heterocycles. The molecule has 2 aliphatic heterocycles. The molecule has 0 aromatic rings. The zero-order chi connectivity index (χ0) is 24.3. The first-order valence-corrected chi connectivity index (χ1v) is 13.7. The first-order valence-electron chi connectivity index (χ1n) is 13.7. The highest BCUT2D eigenvalue weighted by molar-refractivity contribution is 4.98. The number of nitrogens with zero attached hydrogens (tertiary/aromatic N) is 4. The molecule has 2 heterocycles. The smallest absolute Gasteiger partial charge is 0.0276 e. The lowest BCUT2D eigenvalue weighted by molar-refractivity contribution is -0.00126. The second-order valence-corrected chi connectivity index (χ2v) is 13.5. The molecule has 3 atom stereocenters. The Morgan fingerprint density at radius 1 is 0.812 bits per heavy atom. The molecule has 4 nitrogen and oxygen atoms in total. The zero-order valence-corrected chi connectivity index (χ0v) is 23.8. The average molecular weight is 451 g/mol. The Balaban J connectivity index is 2.14. The predicted octanol–water partition coefficient (Wildman–Crippen LogP) is 5.57.